The largest absolute Gasteiger partial charge is 0.339 e. The zero-order valence-corrected chi connectivity index (χ0v) is 10.6. The van der Waals surface area contributed by atoms with E-state index in [1.54, 1.807) is 0 Å². The molecule has 0 fully saturated rings. The summed E-state index contributed by atoms with van der Waals surface area (Å²) in [5.41, 5.74) is 6.55. The molecule has 0 atom stereocenters. The second kappa shape index (κ2) is 4.17. The number of aldehydes is 1. The van der Waals surface area contributed by atoms with E-state index in [9.17, 15) is 4.79 Å². The molecule has 2 rings (SSSR count). The molecule has 0 aliphatic carbocycles. The van der Waals surface area contributed by atoms with Crippen molar-refractivity contribution in [3.05, 3.63) is 40.3 Å². The number of nitrogens with one attached hydrogen (secondary N) is 1. The molecular weight excluding hydrogens is 212 g/mol. The van der Waals surface area contributed by atoms with E-state index in [-0.39, 0.29) is 0 Å². The molecule has 2 aromatic rings. The maximum absolute atomic E-state index is 10.7. The molecule has 0 radical (unpaired) electrons. The lowest BCUT2D eigenvalue weighted by Gasteiger charge is -2.09. The molecule has 0 aliphatic rings. The minimum Gasteiger partial charge on any atom is -0.339 e. The van der Waals surface area contributed by atoms with Crippen LogP contribution < -0.4 is 0 Å². The van der Waals surface area contributed by atoms with Gasteiger partial charge in [0.15, 0.2) is 12.1 Å². The molecule has 3 heteroatoms. The number of H-pyrrole nitrogens is 1. The number of imidazole rings is 1. The second-order valence-corrected chi connectivity index (χ2v) is 4.49. The number of nitrogens with zero attached hydrogens (tertiary/aromatic N) is 1. The summed E-state index contributed by atoms with van der Waals surface area (Å²) < 4.78 is 0. The number of aromatic nitrogens is 2. The van der Waals surface area contributed by atoms with Crippen molar-refractivity contribution in [1.82, 2.24) is 9.97 Å². The molecule has 88 valence electrons. The molecule has 1 N–H and O–H groups in total. The molecule has 17 heavy (non-hydrogen) atoms. The van der Waals surface area contributed by atoms with Gasteiger partial charge in [0.05, 0.1) is 5.69 Å². The molecule has 3 nitrogen and oxygen atoms in total. The van der Waals surface area contributed by atoms with Gasteiger partial charge in [0.25, 0.3) is 0 Å². The molecule has 1 aromatic heterocycles. The molecule has 0 aliphatic heterocycles. The van der Waals surface area contributed by atoms with E-state index in [4.69, 9.17) is 0 Å². The van der Waals surface area contributed by atoms with Crippen LogP contribution in [0.4, 0.5) is 0 Å². The van der Waals surface area contributed by atoms with Crippen molar-refractivity contribution in [3.8, 4) is 11.3 Å². The van der Waals surface area contributed by atoms with Crippen LogP contribution in [0.15, 0.2) is 12.1 Å². The zero-order chi connectivity index (χ0) is 12.6. The molecule has 0 saturated carbocycles. The van der Waals surface area contributed by atoms with Crippen molar-refractivity contribution >= 4 is 6.29 Å². The van der Waals surface area contributed by atoms with E-state index in [2.05, 4.69) is 42.9 Å². The van der Waals surface area contributed by atoms with Gasteiger partial charge in [-0.1, -0.05) is 17.7 Å². The summed E-state index contributed by atoms with van der Waals surface area (Å²) >= 11 is 0. The predicted octanol–water partition coefficient (Wildman–Crippen LogP) is 3.12. The Hall–Kier alpha value is -1.90. The highest BCUT2D eigenvalue weighted by Gasteiger charge is 2.13. The van der Waals surface area contributed by atoms with Gasteiger partial charge in [0, 0.05) is 11.3 Å². The maximum atomic E-state index is 10.7. The Kier molecular flexibility index (Phi) is 2.84. The lowest BCUT2D eigenvalue weighted by atomic mass is 9.96. The minimum atomic E-state index is 0.386. The van der Waals surface area contributed by atoms with Crippen molar-refractivity contribution in [2.24, 2.45) is 0 Å². The number of rotatable bonds is 2. The third-order valence-corrected chi connectivity index (χ3v) is 2.93. The third kappa shape index (κ3) is 2.00. The fourth-order valence-electron chi connectivity index (χ4n) is 2.34. The zero-order valence-electron chi connectivity index (χ0n) is 10.6. The molecule has 0 amide bonds. The average molecular weight is 228 g/mol. The summed E-state index contributed by atoms with van der Waals surface area (Å²) in [6.45, 7) is 8.17. The molecule has 1 aromatic carbocycles. The van der Waals surface area contributed by atoms with Gasteiger partial charge >= 0.3 is 0 Å². The highest BCUT2D eigenvalue weighted by atomic mass is 16.1. The molecule has 0 spiro atoms. The van der Waals surface area contributed by atoms with E-state index in [1.165, 1.54) is 16.7 Å². The van der Waals surface area contributed by atoms with Crippen LogP contribution in [-0.4, -0.2) is 16.3 Å². The number of carbonyl (C=O) groups excluding carboxylic acids is 1. The van der Waals surface area contributed by atoms with Crippen LogP contribution in [0.5, 0.6) is 0 Å². The van der Waals surface area contributed by atoms with Crippen molar-refractivity contribution in [2.75, 3.05) is 0 Å². The van der Waals surface area contributed by atoms with Crippen molar-refractivity contribution in [1.29, 1.82) is 0 Å². The molecule has 0 saturated heterocycles. The number of carbonyl (C=O) groups is 1. The summed E-state index contributed by atoms with van der Waals surface area (Å²) in [5, 5.41) is 0. The van der Waals surface area contributed by atoms with E-state index in [0.717, 1.165) is 23.2 Å². The van der Waals surface area contributed by atoms with Crippen molar-refractivity contribution in [3.63, 3.8) is 0 Å². The van der Waals surface area contributed by atoms with E-state index < -0.39 is 0 Å². The minimum absolute atomic E-state index is 0.386. The van der Waals surface area contributed by atoms with Gasteiger partial charge in [0.1, 0.15) is 0 Å². The first-order chi connectivity index (χ1) is 8.02. The average Bonchev–Trinajstić information content (AvgIpc) is 2.59. The molecule has 0 unspecified atom stereocenters. The maximum Gasteiger partial charge on any atom is 0.185 e. The van der Waals surface area contributed by atoms with E-state index >= 15 is 0 Å². The fraction of sp³-hybridized carbons (Fsp3) is 0.286. The summed E-state index contributed by atoms with van der Waals surface area (Å²) in [7, 11) is 0. The number of hydrogen-bond acceptors (Lipinski definition) is 2. The van der Waals surface area contributed by atoms with E-state index in [0.29, 0.717) is 5.82 Å². The number of aromatic amines is 1. The SMILES string of the molecule is Cc1cc(C)c(-c2nc(C=O)[nH]c2C)c(C)c1. The van der Waals surface area contributed by atoms with Gasteiger partial charge in [0.2, 0.25) is 0 Å². The molecule has 1 heterocycles. The first-order valence-electron chi connectivity index (χ1n) is 5.63. The third-order valence-electron chi connectivity index (χ3n) is 2.93. The Balaban J connectivity index is 2.67. The summed E-state index contributed by atoms with van der Waals surface area (Å²) in [5.74, 6) is 0.386. The standard InChI is InChI=1S/C14H16N2O/c1-8-5-9(2)13(10(3)6-8)14-11(4)15-12(7-17)16-14/h5-7H,1-4H3,(H,15,16). The van der Waals surface area contributed by atoms with Crippen LogP contribution in [0.2, 0.25) is 0 Å². The van der Waals surface area contributed by atoms with Crippen LogP contribution in [0, 0.1) is 27.7 Å². The summed E-state index contributed by atoms with van der Waals surface area (Å²) in [6.07, 6.45) is 0.745. The van der Waals surface area contributed by atoms with Gasteiger partial charge in [-0.25, -0.2) is 4.98 Å². The quantitative estimate of drug-likeness (QED) is 0.803. The monoisotopic (exact) mass is 228 g/mol. The van der Waals surface area contributed by atoms with Crippen LogP contribution in [0.3, 0.4) is 0 Å². The normalized spacial score (nSPS) is 10.6. The van der Waals surface area contributed by atoms with Crippen molar-refractivity contribution < 1.29 is 4.79 Å². The van der Waals surface area contributed by atoms with Crippen molar-refractivity contribution in [2.45, 2.75) is 27.7 Å². The predicted molar refractivity (Wildman–Crippen MR) is 68.4 cm³/mol. The number of benzene rings is 1. The highest BCUT2D eigenvalue weighted by molar-refractivity contribution is 5.75. The Morgan fingerprint density at radius 1 is 1.12 bits per heavy atom. The first-order valence-corrected chi connectivity index (χ1v) is 5.63. The van der Waals surface area contributed by atoms with Gasteiger partial charge in [-0.3, -0.25) is 4.79 Å². The highest BCUT2D eigenvalue weighted by Crippen LogP contribution is 2.29. The smallest absolute Gasteiger partial charge is 0.185 e. The Morgan fingerprint density at radius 3 is 2.18 bits per heavy atom. The topological polar surface area (TPSA) is 45.8 Å². The van der Waals surface area contributed by atoms with Gasteiger partial charge in [-0.2, -0.15) is 0 Å². The number of hydrogen-bond donors (Lipinski definition) is 1. The Bertz CT molecular complexity index is 559. The fourth-order valence-corrected chi connectivity index (χ4v) is 2.34. The van der Waals surface area contributed by atoms with Crippen LogP contribution in [0.25, 0.3) is 11.3 Å². The first kappa shape index (κ1) is 11.6. The summed E-state index contributed by atoms with van der Waals surface area (Å²) in [6, 6.07) is 4.27. The Morgan fingerprint density at radius 2 is 1.71 bits per heavy atom. The second-order valence-electron chi connectivity index (χ2n) is 4.49. The number of aryl methyl sites for hydroxylation is 4. The van der Waals surface area contributed by atoms with Gasteiger partial charge in [-0.05, 0) is 38.8 Å². The van der Waals surface area contributed by atoms with Crippen LogP contribution >= 0.6 is 0 Å². The van der Waals surface area contributed by atoms with Gasteiger partial charge in [-0.15, -0.1) is 0 Å². The summed E-state index contributed by atoms with van der Waals surface area (Å²) in [4.78, 5) is 18.0. The molecular formula is C14H16N2O. The molecule has 0 bridgehead atoms. The van der Waals surface area contributed by atoms with E-state index in [1.807, 2.05) is 6.92 Å². The lowest BCUT2D eigenvalue weighted by molar-refractivity contribution is 0.111. The van der Waals surface area contributed by atoms with Crippen LogP contribution in [0.1, 0.15) is 33.0 Å². The van der Waals surface area contributed by atoms with Gasteiger partial charge < -0.3 is 4.98 Å². The Labute approximate surface area is 101 Å². The lowest BCUT2D eigenvalue weighted by Crippen LogP contribution is -1.92. The van der Waals surface area contributed by atoms with Crippen LogP contribution in [-0.2, 0) is 0 Å².